The number of carbonyl (C=O) groups excluding carboxylic acids is 1. The molecule has 0 aliphatic rings. The maximum absolute atomic E-state index is 11.5. The summed E-state index contributed by atoms with van der Waals surface area (Å²) < 4.78 is 4.98. The van der Waals surface area contributed by atoms with E-state index in [0.29, 0.717) is 5.56 Å². The minimum atomic E-state index is -1.39. The quantitative estimate of drug-likeness (QED) is 0.487. The molecule has 1 unspecified atom stereocenters. The van der Waals surface area contributed by atoms with E-state index in [-0.39, 0.29) is 41.7 Å². The molecule has 0 fully saturated rings. The van der Waals surface area contributed by atoms with Crippen LogP contribution >= 0.6 is 0 Å². The van der Waals surface area contributed by atoms with Gasteiger partial charge in [-0.3, -0.25) is 0 Å². The predicted octanol–water partition coefficient (Wildman–Crippen LogP) is 1.67. The molecular formula is C17H20O7. The van der Waals surface area contributed by atoms with Crippen molar-refractivity contribution >= 4 is 17.9 Å². The van der Waals surface area contributed by atoms with Crippen LogP contribution in [0.3, 0.4) is 0 Å². The topological polar surface area (TPSA) is 121 Å². The number of benzene rings is 1. The van der Waals surface area contributed by atoms with Crippen molar-refractivity contribution in [3.05, 3.63) is 46.5 Å². The van der Waals surface area contributed by atoms with E-state index in [9.17, 15) is 24.6 Å². The molecule has 0 bridgehead atoms. The van der Waals surface area contributed by atoms with E-state index < -0.39 is 24.0 Å². The molecule has 0 amide bonds. The number of ether oxygens (including phenoxy) is 1. The van der Waals surface area contributed by atoms with Crippen LogP contribution in [0.2, 0.25) is 0 Å². The number of esters is 1. The molecule has 0 aromatic heterocycles. The Kier molecular flexibility index (Phi) is 6.67. The van der Waals surface area contributed by atoms with E-state index in [2.05, 4.69) is 6.58 Å². The Bertz CT molecular complexity index is 674. The van der Waals surface area contributed by atoms with Gasteiger partial charge >= 0.3 is 17.9 Å². The van der Waals surface area contributed by atoms with E-state index in [1.165, 1.54) is 26.0 Å². The molecule has 24 heavy (non-hydrogen) atoms. The third kappa shape index (κ3) is 4.92. The zero-order valence-corrected chi connectivity index (χ0v) is 13.5. The summed E-state index contributed by atoms with van der Waals surface area (Å²) in [4.78, 5) is 34.1. The minimum absolute atomic E-state index is 0.00994. The molecule has 1 atom stereocenters. The van der Waals surface area contributed by atoms with Crippen molar-refractivity contribution in [2.45, 2.75) is 32.8 Å². The smallest absolute Gasteiger partial charge is 0.336 e. The van der Waals surface area contributed by atoms with Gasteiger partial charge in [0, 0.05) is 12.0 Å². The summed E-state index contributed by atoms with van der Waals surface area (Å²) in [5.74, 6) is -3.31. The standard InChI is InChI=1S/C17H20O7/c1-9(2)17(23)24-7-6-11-4-5-12(15(19)20)14(16(21)22)13(11)8-10(3)18/h4-5,10,18H,1,6-8H2,2-3H3,(H,19,20)(H,21,22). The van der Waals surface area contributed by atoms with Crippen molar-refractivity contribution in [3.8, 4) is 0 Å². The van der Waals surface area contributed by atoms with Crippen LogP contribution in [0.4, 0.5) is 0 Å². The van der Waals surface area contributed by atoms with E-state index >= 15 is 0 Å². The van der Waals surface area contributed by atoms with E-state index in [1.807, 2.05) is 0 Å². The molecule has 0 saturated carbocycles. The molecule has 0 aliphatic carbocycles. The lowest BCUT2D eigenvalue weighted by molar-refractivity contribution is -0.138. The first kappa shape index (κ1) is 19.4. The molecule has 130 valence electrons. The average molecular weight is 336 g/mol. The fourth-order valence-corrected chi connectivity index (χ4v) is 2.25. The van der Waals surface area contributed by atoms with Gasteiger partial charge in [-0.1, -0.05) is 12.6 Å². The number of hydrogen-bond donors (Lipinski definition) is 3. The Balaban J connectivity index is 3.21. The molecule has 7 nitrogen and oxygen atoms in total. The Hall–Kier alpha value is -2.67. The third-order valence-electron chi connectivity index (χ3n) is 3.31. The van der Waals surface area contributed by atoms with Crippen molar-refractivity contribution in [2.75, 3.05) is 6.61 Å². The highest BCUT2D eigenvalue weighted by molar-refractivity contribution is 6.03. The zero-order valence-electron chi connectivity index (χ0n) is 13.5. The molecule has 0 heterocycles. The summed E-state index contributed by atoms with van der Waals surface area (Å²) in [6.07, 6.45) is -0.683. The maximum atomic E-state index is 11.5. The van der Waals surface area contributed by atoms with Crippen LogP contribution in [0.1, 0.15) is 45.7 Å². The molecule has 0 spiro atoms. The second-order valence-corrected chi connectivity index (χ2v) is 5.46. The maximum Gasteiger partial charge on any atom is 0.336 e. The van der Waals surface area contributed by atoms with Gasteiger partial charge in [0.1, 0.15) is 0 Å². The molecule has 0 aliphatic heterocycles. The Morgan fingerprint density at radius 2 is 1.83 bits per heavy atom. The fraction of sp³-hybridized carbons (Fsp3) is 0.353. The largest absolute Gasteiger partial charge is 0.478 e. The highest BCUT2D eigenvalue weighted by atomic mass is 16.5. The Labute approximate surface area is 139 Å². The zero-order chi connectivity index (χ0) is 18.4. The molecule has 0 saturated heterocycles. The SMILES string of the molecule is C=C(C)C(=O)OCCc1ccc(C(=O)O)c(C(=O)O)c1CC(C)O. The first-order chi connectivity index (χ1) is 11.1. The number of carboxylic acids is 2. The second-order valence-electron chi connectivity index (χ2n) is 5.46. The molecule has 1 aromatic carbocycles. The average Bonchev–Trinajstić information content (AvgIpc) is 2.46. The van der Waals surface area contributed by atoms with Crippen LogP contribution in [-0.4, -0.2) is 45.9 Å². The summed E-state index contributed by atoms with van der Waals surface area (Å²) in [5.41, 5.74) is 0.274. The highest BCUT2D eigenvalue weighted by Gasteiger charge is 2.23. The number of aliphatic hydroxyl groups is 1. The third-order valence-corrected chi connectivity index (χ3v) is 3.31. The van der Waals surface area contributed by atoms with Gasteiger partial charge in [-0.2, -0.15) is 0 Å². The van der Waals surface area contributed by atoms with Crippen LogP contribution < -0.4 is 0 Å². The normalized spacial score (nSPS) is 11.6. The van der Waals surface area contributed by atoms with Crippen LogP contribution in [0.15, 0.2) is 24.3 Å². The molecule has 1 aromatic rings. The number of rotatable bonds is 8. The Morgan fingerprint density at radius 3 is 2.29 bits per heavy atom. The van der Waals surface area contributed by atoms with Crippen molar-refractivity contribution in [1.29, 1.82) is 0 Å². The highest BCUT2D eigenvalue weighted by Crippen LogP contribution is 2.23. The van der Waals surface area contributed by atoms with Gasteiger partial charge in [0.25, 0.3) is 0 Å². The minimum Gasteiger partial charge on any atom is -0.478 e. The van der Waals surface area contributed by atoms with Crippen molar-refractivity contribution < 1.29 is 34.4 Å². The van der Waals surface area contributed by atoms with E-state index in [0.717, 1.165) is 0 Å². The van der Waals surface area contributed by atoms with Crippen molar-refractivity contribution in [2.24, 2.45) is 0 Å². The molecule has 3 N–H and O–H groups in total. The number of carboxylic acid groups (broad SMARTS) is 2. The summed E-state index contributed by atoms with van der Waals surface area (Å²) >= 11 is 0. The van der Waals surface area contributed by atoms with Crippen LogP contribution in [0, 0.1) is 0 Å². The Morgan fingerprint density at radius 1 is 1.21 bits per heavy atom. The van der Waals surface area contributed by atoms with E-state index in [4.69, 9.17) is 9.84 Å². The number of carbonyl (C=O) groups is 3. The van der Waals surface area contributed by atoms with Gasteiger partial charge in [-0.15, -0.1) is 0 Å². The number of aromatic carboxylic acids is 2. The van der Waals surface area contributed by atoms with Gasteiger partial charge in [0.05, 0.1) is 23.8 Å². The molecule has 7 heteroatoms. The summed E-state index contributed by atoms with van der Waals surface area (Å²) in [7, 11) is 0. The van der Waals surface area contributed by atoms with Gasteiger partial charge in [0.15, 0.2) is 0 Å². The lowest BCUT2D eigenvalue weighted by Crippen LogP contribution is -2.18. The van der Waals surface area contributed by atoms with Crippen molar-refractivity contribution in [3.63, 3.8) is 0 Å². The van der Waals surface area contributed by atoms with Crippen LogP contribution in [0.5, 0.6) is 0 Å². The molecule has 0 radical (unpaired) electrons. The van der Waals surface area contributed by atoms with Gasteiger partial charge < -0.3 is 20.1 Å². The van der Waals surface area contributed by atoms with Gasteiger partial charge in [0.2, 0.25) is 0 Å². The summed E-state index contributed by atoms with van der Waals surface area (Å²) in [5, 5.41) is 28.2. The predicted molar refractivity (Wildman–Crippen MR) is 85.2 cm³/mol. The second kappa shape index (κ2) is 8.26. The lowest BCUT2D eigenvalue weighted by atomic mass is 9.91. The summed E-state index contributed by atoms with van der Waals surface area (Å²) in [6, 6.07) is 2.68. The fourth-order valence-electron chi connectivity index (χ4n) is 2.25. The first-order valence-electron chi connectivity index (χ1n) is 7.27. The first-order valence-corrected chi connectivity index (χ1v) is 7.27. The number of hydrogen-bond acceptors (Lipinski definition) is 5. The van der Waals surface area contributed by atoms with Crippen LogP contribution in [0.25, 0.3) is 0 Å². The van der Waals surface area contributed by atoms with Gasteiger partial charge in [-0.25, -0.2) is 14.4 Å². The molecular weight excluding hydrogens is 316 g/mol. The lowest BCUT2D eigenvalue weighted by Gasteiger charge is -2.16. The molecule has 1 rings (SSSR count). The monoisotopic (exact) mass is 336 g/mol. The van der Waals surface area contributed by atoms with Crippen LogP contribution in [-0.2, 0) is 22.4 Å². The van der Waals surface area contributed by atoms with Gasteiger partial charge in [-0.05, 0) is 37.5 Å². The van der Waals surface area contributed by atoms with E-state index in [1.54, 1.807) is 0 Å². The van der Waals surface area contributed by atoms with Crippen molar-refractivity contribution in [1.82, 2.24) is 0 Å². The summed E-state index contributed by atoms with van der Waals surface area (Å²) in [6.45, 7) is 6.43. The number of aliphatic hydroxyl groups excluding tert-OH is 1.